The molecule has 0 bridgehead atoms. The molecule has 0 radical (unpaired) electrons. The molecule has 0 aliphatic carbocycles. The quantitative estimate of drug-likeness (QED) is 0.173. The maximum Gasteiger partial charge on any atom is 0.238 e. The average molecular weight is 846 g/mol. The molecule has 0 amide bonds. The first kappa shape index (κ1) is 36.1. The number of benzene rings is 10. The molecule has 0 saturated heterocycles. The van der Waals surface area contributed by atoms with E-state index >= 15 is 0 Å². The van der Waals surface area contributed by atoms with E-state index in [4.69, 9.17) is 15.0 Å². The molecule has 0 aliphatic heterocycles. The third-order valence-corrected chi connectivity index (χ3v) is 14.4. The normalized spacial score (nSPS) is 12.0. The number of thiophene rings is 1. The van der Waals surface area contributed by atoms with Crippen LogP contribution < -0.4 is 0 Å². The van der Waals surface area contributed by atoms with Crippen molar-refractivity contribution in [2.45, 2.75) is 0 Å². The van der Waals surface area contributed by atoms with Crippen LogP contribution in [-0.4, -0.2) is 24.1 Å². The third-order valence-electron chi connectivity index (χ3n) is 13.1. The van der Waals surface area contributed by atoms with E-state index in [2.05, 4.69) is 203 Å². The molecule has 5 nitrogen and oxygen atoms in total. The van der Waals surface area contributed by atoms with E-state index in [1.54, 1.807) is 11.3 Å². The number of hydrogen-bond acceptors (Lipinski definition) is 4. The Morgan fingerprint density at radius 1 is 0.338 bits per heavy atom. The van der Waals surface area contributed by atoms with Crippen LogP contribution in [0.3, 0.4) is 0 Å². The fourth-order valence-electron chi connectivity index (χ4n) is 10.2. The van der Waals surface area contributed by atoms with Gasteiger partial charge in [-0.25, -0.2) is 4.98 Å². The Hall–Kier alpha value is -8.45. The molecule has 65 heavy (non-hydrogen) atoms. The fourth-order valence-corrected chi connectivity index (χ4v) is 11.4. The van der Waals surface area contributed by atoms with E-state index in [0.29, 0.717) is 17.6 Å². The van der Waals surface area contributed by atoms with Crippen molar-refractivity contribution in [2.24, 2.45) is 0 Å². The van der Waals surface area contributed by atoms with Crippen LogP contribution in [0.25, 0.3) is 131 Å². The van der Waals surface area contributed by atoms with Gasteiger partial charge in [-0.05, 0) is 81.2 Å². The second kappa shape index (κ2) is 14.0. The Labute approximate surface area is 376 Å². The highest BCUT2D eigenvalue weighted by Gasteiger charge is 2.23. The molecule has 0 saturated carbocycles. The van der Waals surface area contributed by atoms with Gasteiger partial charge >= 0.3 is 0 Å². The summed E-state index contributed by atoms with van der Waals surface area (Å²) in [6, 6.07) is 76.2. The predicted octanol–water partition coefficient (Wildman–Crippen LogP) is 15.7. The van der Waals surface area contributed by atoms with Gasteiger partial charge in [0, 0.05) is 58.5 Å². The number of hydrogen-bond donors (Lipinski definition) is 0. The lowest BCUT2D eigenvalue weighted by Crippen LogP contribution is -2.06. The zero-order valence-electron chi connectivity index (χ0n) is 34.9. The van der Waals surface area contributed by atoms with E-state index in [1.807, 2.05) is 18.2 Å². The minimum Gasteiger partial charge on any atom is -0.309 e. The monoisotopic (exact) mass is 845 g/mol. The van der Waals surface area contributed by atoms with E-state index in [0.717, 1.165) is 59.9 Å². The molecule has 4 heterocycles. The molecule has 0 N–H and O–H groups in total. The van der Waals surface area contributed by atoms with Crippen LogP contribution >= 0.6 is 11.3 Å². The summed E-state index contributed by atoms with van der Waals surface area (Å²) in [5.41, 5.74) is 9.66. The lowest BCUT2D eigenvalue weighted by Gasteiger charge is -2.14. The van der Waals surface area contributed by atoms with Crippen molar-refractivity contribution in [3.8, 4) is 45.5 Å². The summed E-state index contributed by atoms with van der Waals surface area (Å²) in [4.78, 5) is 16.3. The summed E-state index contributed by atoms with van der Waals surface area (Å²) in [6.45, 7) is 0. The zero-order chi connectivity index (χ0) is 42.6. The van der Waals surface area contributed by atoms with Gasteiger partial charge in [-0.15, -0.1) is 11.3 Å². The maximum atomic E-state index is 5.54. The summed E-state index contributed by atoms with van der Waals surface area (Å²) < 4.78 is 7.02. The molecule has 0 unspecified atom stereocenters. The fraction of sp³-hybridized carbons (Fsp3) is 0. The van der Waals surface area contributed by atoms with Gasteiger partial charge in [0.25, 0.3) is 0 Å². The van der Waals surface area contributed by atoms with Gasteiger partial charge in [0.2, 0.25) is 5.95 Å². The van der Waals surface area contributed by atoms with Crippen LogP contribution in [0.2, 0.25) is 0 Å². The van der Waals surface area contributed by atoms with Crippen molar-refractivity contribution in [3.05, 3.63) is 212 Å². The Morgan fingerprint density at radius 3 is 1.63 bits per heavy atom. The Kier molecular flexibility index (Phi) is 7.79. The summed E-state index contributed by atoms with van der Waals surface area (Å²) in [6.07, 6.45) is 0. The van der Waals surface area contributed by atoms with Gasteiger partial charge in [-0.3, -0.25) is 4.57 Å². The third kappa shape index (κ3) is 5.48. The highest BCUT2D eigenvalue weighted by Crippen LogP contribution is 2.45. The van der Waals surface area contributed by atoms with Gasteiger partial charge in [0.15, 0.2) is 11.6 Å². The average Bonchev–Trinajstić information content (AvgIpc) is 4.04. The van der Waals surface area contributed by atoms with Crippen molar-refractivity contribution in [3.63, 3.8) is 0 Å². The largest absolute Gasteiger partial charge is 0.309 e. The molecule has 4 aromatic heterocycles. The number of fused-ring (bicyclic) bond motifs is 13. The van der Waals surface area contributed by atoms with Gasteiger partial charge in [-0.2, -0.15) is 9.97 Å². The number of rotatable bonds is 5. The highest BCUT2D eigenvalue weighted by molar-refractivity contribution is 7.26. The van der Waals surface area contributed by atoms with Crippen LogP contribution in [0.1, 0.15) is 0 Å². The lowest BCUT2D eigenvalue weighted by atomic mass is 10.00. The first-order valence-electron chi connectivity index (χ1n) is 21.9. The molecule has 0 fully saturated rings. The number of aromatic nitrogens is 5. The minimum atomic E-state index is 0.571. The molecule has 10 aromatic carbocycles. The van der Waals surface area contributed by atoms with Crippen molar-refractivity contribution >= 4 is 96.7 Å². The summed E-state index contributed by atoms with van der Waals surface area (Å²) in [5.74, 6) is 1.81. The van der Waals surface area contributed by atoms with Gasteiger partial charge in [0.1, 0.15) is 0 Å². The van der Waals surface area contributed by atoms with Gasteiger partial charge in [-0.1, -0.05) is 164 Å². The molecule has 302 valence electrons. The second-order valence-electron chi connectivity index (χ2n) is 16.8. The zero-order valence-corrected chi connectivity index (χ0v) is 35.7. The topological polar surface area (TPSA) is 48.5 Å². The van der Waals surface area contributed by atoms with E-state index in [-0.39, 0.29) is 0 Å². The maximum absolute atomic E-state index is 5.54. The van der Waals surface area contributed by atoms with Crippen molar-refractivity contribution < 1.29 is 0 Å². The summed E-state index contributed by atoms with van der Waals surface area (Å²) in [7, 11) is 0. The summed E-state index contributed by atoms with van der Waals surface area (Å²) >= 11 is 1.79. The van der Waals surface area contributed by atoms with Crippen LogP contribution in [0.15, 0.2) is 212 Å². The minimum absolute atomic E-state index is 0.571. The first-order chi connectivity index (χ1) is 32.2. The molecule has 14 aromatic rings. The van der Waals surface area contributed by atoms with Gasteiger partial charge in [0.05, 0.1) is 22.1 Å². The standard InChI is InChI=1S/C59H35N5S/c1-3-15-36(16-4-1)40-29-30-50-46(33-40)44-23-11-13-25-49(44)64(50)59-61-57(39-19-5-2-6-20-39)60-58(62-59)48-35-41(34-47-45-24-12-14-26-53(45)65-56(47)48)63-51-31-27-37-17-7-9-21-42(37)54(51)55-43-22-10-8-18-38(43)28-32-52(55)63/h1-35H. The molecular formula is C59H35N5S. The van der Waals surface area contributed by atoms with E-state index in [1.165, 1.54) is 53.4 Å². The Morgan fingerprint density at radius 2 is 0.908 bits per heavy atom. The second-order valence-corrected chi connectivity index (χ2v) is 17.8. The van der Waals surface area contributed by atoms with Crippen molar-refractivity contribution in [2.75, 3.05) is 0 Å². The van der Waals surface area contributed by atoms with Crippen molar-refractivity contribution in [1.29, 1.82) is 0 Å². The van der Waals surface area contributed by atoms with Crippen LogP contribution in [0.4, 0.5) is 0 Å². The lowest BCUT2D eigenvalue weighted by molar-refractivity contribution is 0.954. The molecule has 0 spiro atoms. The van der Waals surface area contributed by atoms with E-state index in [9.17, 15) is 0 Å². The first-order valence-corrected chi connectivity index (χ1v) is 22.8. The Bertz CT molecular complexity index is 4150. The number of para-hydroxylation sites is 1. The molecule has 0 atom stereocenters. The van der Waals surface area contributed by atoms with Crippen LogP contribution in [0.5, 0.6) is 0 Å². The van der Waals surface area contributed by atoms with Gasteiger partial charge < -0.3 is 4.57 Å². The van der Waals surface area contributed by atoms with Crippen LogP contribution in [0, 0.1) is 0 Å². The molecule has 14 rings (SSSR count). The molecule has 0 aliphatic rings. The van der Waals surface area contributed by atoms with Crippen LogP contribution in [-0.2, 0) is 0 Å². The summed E-state index contributed by atoms with van der Waals surface area (Å²) in [5, 5.41) is 12.1. The van der Waals surface area contributed by atoms with Crippen molar-refractivity contribution in [1.82, 2.24) is 24.1 Å². The smallest absolute Gasteiger partial charge is 0.238 e. The number of nitrogens with zero attached hydrogens (tertiary/aromatic N) is 5. The Balaban J connectivity index is 1.09. The predicted molar refractivity (Wildman–Crippen MR) is 273 cm³/mol. The van der Waals surface area contributed by atoms with E-state index < -0.39 is 0 Å². The molecule has 6 heteroatoms. The molecular weight excluding hydrogens is 811 g/mol. The SMILES string of the molecule is c1ccc(-c2ccc3c(c2)c2ccccc2n3-c2nc(-c3ccccc3)nc(-c3cc(-n4c5ccc6ccccc6c5c5c6ccccc6ccc54)cc4c3sc3ccccc34)n2)cc1. The highest BCUT2D eigenvalue weighted by atomic mass is 32.1.